The highest BCUT2D eigenvalue weighted by Gasteiger charge is 2.07. The summed E-state index contributed by atoms with van der Waals surface area (Å²) in [6.07, 6.45) is 1.36. The molecule has 0 aromatic heterocycles. The van der Waals surface area contributed by atoms with Crippen LogP contribution in [0.5, 0.6) is 0 Å². The first-order chi connectivity index (χ1) is 6.88. The standard InChI is InChI=1S/C12H14ClNO/c1-12(2,3)14-8-11(15)9-4-6-10(13)7-5-9/h4-8H,1-3H3. The molecule has 2 nitrogen and oxygen atoms in total. The molecule has 0 saturated carbocycles. The van der Waals surface area contributed by atoms with Gasteiger partial charge in [0.2, 0.25) is 5.78 Å². The van der Waals surface area contributed by atoms with Gasteiger partial charge in [0.05, 0.1) is 11.8 Å². The lowest BCUT2D eigenvalue weighted by Gasteiger charge is -2.10. The number of benzene rings is 1. The minimum atomic E-state index is -0.220. The number of ketones is 1. The van der Waals surface area contributed by atoms with E-state index in [-0.39, 0.29) is 11.3 Å². The molecule has 0 aliphatic heterocycles. The predicted octanol–water partition coefficient (Wildman–Crippen LogP) is 3.39. The molecule has 0 unspecified atom stereocenters. The smallest absolute Gasteiger partial charge is 0.203 e. The predicted molar refractivity (Wildman–Crippen MR) is 64.0 cm³/mol. The third kappa shape index (κ3) is 4.26. The van der Waals surface area contributed by atoms with Crippen molar-refractivity contribution in [2.24, 2.45) is 4.99 Å². The van der Waals surface area contributed by atoms with E-state index in [1.54, 1.807) is 24.3 Å². The molecule has 3 heteroatoms. The van der Waals surface area contributed by atoms with E-state index in [0.717, 1.165) is 0 Å². The summed E-state index contributed by atoms with van der Waals surface area (Å²) in [5.74, 6) is -0.0957. The maximum absolute atomic E-state index is 11.6. The van der Waals surface area contributed by atoms with Crippen molar-refractivity contribution >= 4 is 23.6 Å². The summed E-state index contributed by atoms with van der Waals surface area (Å²) in [7, 11) is 0. The highest BCUT2D eigenvalue weighted by molar-refractivity contribution is 6.36. The summed E-state index contributed by atoms with van der Waals surface area (Å²) in [6.45, 7) is 5.83. The Balaban J connectivity index is 2.78. The van der Waals surface area contributed by atoms with Crippen LogP contribution >= 0.6 is 11.6 Å². The molecular formula is C12H14ClNO. The molecule has 0 radical (unpaired) electrons. The fourth-order valence-corrected chi connectivity index (χ4v) is 1.07. The van der Waals surface area contributed by atoms with Gasteiger partial charge in [0.25, 0.3) is 0 Å². The first-order valence-corrected chi connectivity index (χ1v) is 5.11. The van der Waals surface area contributed by atoms with E-state index < -0.39 is 0 Å². The first-order valence-electron chi connectivity index (χ1n) is 4.73. The maximum Gasteiger partial charge on any atom is 0.203 e. The summed E-state index contributed by atoms with van der Waals surface area (Å²) in [5.41, 5.74) is 0.384. The summed E-state index contributed by atoms with van der Waals surface area (Å²) in [6, 6.07) is 6.78. The minimum absolute atomic E-state index is 0.0957. The van der Waals surface area contributed by atoms with Gasteiger partial charge < -0.3 is 0 Å². The van der Waals surface area contributed by atoms with E-state index in [1.807, 2.05) is 20.8 Å². The van der Waals surface area contributed by atoms with Gasteiger partial charge in [0.1, 0.15) is 0 Å². The summed E-state index contributed by atoms with van der Waals surface area (Å²) >= 11 is 5.72. The largest absolute Gasteiger partial charge is 0.288 e. The number of aliphatic imine (C=N–C) groups is 1. The van der Waals surface area contributed by atoms with Crippen LogP contribution in [-0.2, 0) is 0 Å². The molecule has 0 aliphatic carbocycles. The van der Waals surface area contributed by atoms with Crippen LogP contribution in [0, 0.1) is 0 Å². The van der Waals surface area contributed by atoms with Crippen LogP contribution in [0.25, 0.3) is 0 Å². The van der Waals surface area contributed by atoms with Crippen molar-refractivity contribution in [3.8, 4) is 0 Å². The average Bonchev–Trinajstić information content (AvgIpc) is 2.14. The zero-order chi connectivity index (χ0) is 11.5. The topological polar surface area (TPSA) is 29.4 Å². The van der Waals surface area contributed by atoms with Gasteiger partial charge in [-0.3, -0.25) is 9.79 Å². The molecule has 15 heavy (non-hydrogen) atoms. The number of nitrogens with zero attached hydrogens (tertiary/aromatic N) is 1. The van der Waals surface area contributed by atoms with Gasteiger partial charge in [-0.2, -0.15) is 0 Å². The quantitative estimate of drug-likeness (QED) is 0.558. The van der Waals surface area contributed by atoms with Crippen LogP contribution in [0.15, 0.2) is 29.3 Å². The second-order valence-corrected chi connectivity index (χ2v) is 4.74. The third-order valence-electron chi connectivity index (χ3n) is 1.70. The monoisotopic (exact) mass is 223 g/mol. The molecule has 1 aromatic rings. The number of halogens is 1. The first kappa shape index (κ1) is 11.9. The lowest BCUT2D eigenvalue weighted by atomic mass is 10.1. The number of carbonyl (C=O) groups excluding carboxylic acids is 1. The summed E-state index contributed by atoms with van der Waals surface area (Å²) in [5, 5.41) is 0.624. The Morgan fingerprint density at radius 3 is 2.27 bits per heavy atom. The molecule has 0 N–H and O–H groups in total. The fraction of sp³-hybridized carbons (Fsp3) is 0.333. The number of hydrogen-bond acceptors (Lipinski definition) is 2. The van der Waals surface area contributed by atoms with Crippen molar-refractivity contribution in [2.45, 2.75) is 26.3 Å². The van der Waals surface area contributed by atoms with Crippen molar-refractivity contribution in [3.05, 3.63) is 34.9 Å². The Morgan fingerprint density at radius 1 is 1.27 bits per heavy atom. The minimum Gasteiger partial charge on any atom is -0.288 e. The van der Waals surface area contributed by atoms with Gasteiger partial charge >= 0.3 is 0 Å². The molecule has 0 heterocycles. The molecule has 1 rings (SSSR count). The molecule has 0 fully saturated rings. The van der Waals surface area contributed by atoms with E-state index >= 15 is 0 Å². The van der Waals surface area contributed by atoms with Crippen molar-refractivity contribution in [3.63, 3.8) is 0 Å². The van der Waals surface area contributed by atoms with Crippen LogP contribution in [0.1, 0.15) is 31.1 Å². The zero-order valence-electron chi connectivity index (χ0n) is 9.12. The van der Waals surface area contributed by atoms with Crippen molar-refractivity contribution < 1.29 is 4.79 Å². The Labute approximate surface area is 95.0 Å². The normalized spacial score (nSPS) is 12.0. The van der Waals surface area contributed by atoms with E-state index in [2.05, 4.69) is 4.99 Å². The Kier molecular flexibility index (Phi) is 3.64. The van der Waals surface area contributed by atoms with E-state index in [9.17, 15) is 4.79 Å². The summed E-state index contributed by atoms with van der Waals surface area (Å²) in [4.78, 5) is 15.8. The molecule has 0 spiro atoms. The number of hydrogen-bond donors (Lipinski definition) is 0. The van der Waals surface area contributed by atoms with Crippen molar-refractivity contribution in [2.75, 3.05) is 0 Å². The molecule has 0 atom stereocenters. The van der Waals surface area contributed by atoms with Gasteiger partial charge in [0.15, 0.2) is 0 Å². The molecule has 0 amide bonds. The van der Waals surface area contributed by atoms with Gasteiger partial charge in [0, 0.05) is 10.6 Å². The van der Waals surface area contributed by atoms with Gasteiger partial charge in [-0.15, -0.1) is 0 Å². The Hall–Kier alpha value is -1.15. The Morgan fingerprint density at radius 2 is 1.80 bits per heavy atom. The Bertz CT molecular complexity index is 374. The fourth-order valence-electron chi connectivity index (χ4n) is 0.941. The number of Topliss-reactive ketones (excluding diaryl/α,β-unsaturated/α-hetero) is 1. The van der Waals surface area contributed by atoms with Crippen LogP contribution in [0.3, 0.4) is 0 Å². The van der Waals surface area contributed by atoms with Crippen LogP contribution in [-0.4, -0.2) is 17.5 Å². The molecule has 0 aliphatic rings. The lowest BCUT2D eigenvalue weighted by Crippen LogP contribution is -2.12. The lowest BCUT2D eigenvalue weighted by molar-refractivity contribution is 0.107. The van der Waals surface area contributed by atoms with Crippen molar-refractivity contribution in [1.82, 2.24) is 0 Å². The molecule has 80 valence electrons. The van der Waals surface area contributed by atoms with Crippen molar-refractivity contribution in [1.29, 1.82) is 0 Å². The zero-order valence-corrected chi connectivity index (χ0v) is 9.88. The summed E-state index contributed by atoms with van der Waals surface area (Å²) < 4.78 is 0. The SMILES string of the molecule is CC(C)(C)N=CC(=O)c1ccc(Cl)cc1. The van der Waals surface area contributed by atoms with Crippen LogP contribution in [0.4, 0.5) is 0 Å². The van der Waals surface area contributed by atoms with E-state index in [0.29, 0.717) is 10.6 Å². The van der Waals surface area contributed by atoms with Gasteiger partial charge in [-0.25, -0.2) is 0 Å². The highest BCUT2D eigenvalue weighted by atomic mass is 35.5. The highest BCUT2D eigenvalue weighted by Crippen LogP contribution is 2.10. The van der Waals surface area contributed by atoms with Gasteiger partial charge in [-0.1, -0.05) is 11.6 Å². The number of carbonyl (C=O) groups is 1. The maximum atomic E-state index is 11.6. The third-order valence-corrected chi connectivity index (χ3v) is 1.95. The van der Waals surface area contributed by atoms with E-state index in [4.69, 9.17) is 11.6 Å². The second kappa shape index (κ2) is 4.58. The average molecular weight is 224 g/mol. The molecule has 0 bridgehead atoms. The van der Waals surface area contributed by atoms with Crippen LogP contribution in [0.2, 0.25) is 5.02 Å². The molecular weight excluding hydrogens is 210 g/mol. The molecule has 0 saturated heterocycles. The number of rotatable bonds is 2. The van der Waals surface area contributed by atoms with Crippen LogP contribution < -0.4 is 0 Å². The van der Waals surface area contributed by atoms with E-state index in [1.165, 1.54) is 6.21 Å². The second-order valence-electron chi connectivity index (χ2n) is 4.30. The van der Waals surface area contributed by atoms with Gasteiger partial charge in [-0.05, 0) is 45.0 Å². The molecule has 1 aromatic carbocycles.